The van der Waals surface area contributed by atoms with Crippen molar-refractivity contribution in [2.75, 3.05) is 0 Å². The molecule has 0 heterocycles. The minimum atomic E-state index is 0.236. The molecule has 1 aliphatic carbocycles. The second-order valence-electron chi connectivity index (χ2n) is 2.92. The molecule has 0 saturated heterocycles. The molecule has 1 aliphatic rings. The summed E-state index contributed by atoms with van der Waals surface area (Å²) in [5.74, 6) is 0. The zero-order valence-corrected chi connectivity index (χ0v) is 9.61. The molecule has 0 bridgehead atoms. The quantitative estimate of drug-likeness (QED) is 0.642. The first-order chi connectivity index (χ1) is 5.77. The van der Waals surface area contributed by atoms with Gasteiger partial charge >= 0.3 is 0 Å². The molecule has 0 aliphatic heterocycles. The van der Waals surface area contributed by atoms with E-state index in [-0.39, 0.29) is 5.54 Å². The molecule has 2 N–H and O–H groups in total. The van der Waals surface area contributed by atoms with E-state index in [9.17, 15) is 0 Å². The van der Waals surface area contributed by atoms with Gasteiger partial charge in [-0.3, -0.25) is 0 Å². The molecule has 0 aromatic heterocycles. The van der Waals surface area contributed by atoms with Crippen molar-refractivity contribution in [1.29, 1.82) is 0 Å². The Labute approximate surface area is 78.7 Å². The third-order valence-electron chi connectivity index (χ3n) is 2.30. The van der Waals surface area contributed by atoms with Crippen LogP contribution < -0.4 is 5.73 Å². The van der Waals surface area contributed by atoms with Gasteiger partial charge < -0.3 is 5.73 Å². The molecule has 1 heteroatoms. The van der Waals surface area contributed by atoms with Crippen molar-refractivity contribution >= 4 is 0 Å². The van der Waals surface area contributed by atoms with Gasteiger partial charge in [-0.05, 0) is 19.3 Å². The SMILES string of the molecule is CC.CC.CCC1(N)CCCC1. The van der Waals surface area contributed by atoms with E-state index in [0.29, 0.717) is 0 Å². The van der Waals surface area contributed by atoms with Crippen LogP contribution in [0.1, 0.15) is 66.7 Å². The Morgan fingerprint density at radius 1 is 1.00 bits per heavy atom. The lowest BCUT2D eigenvalue weighted by molar-refractivity contribution is 0.424. The van der Waals surface area contributed by atoms with Gasteiger partial charge in [-0.15, -0.1) is 0 Å². The van der Waals surface area contributed by atoms with E-state index in [0.717, 1.165) is 6.42 Å². The minimum Gasteiger partial charge on any atom is -0.325 e. The molecule has 0 aromatic rings. The lowest BCUT2D eigenvalue weighted by atomic mass is 9.96. The Balaban J connectivity index is 0. The maximum absolute atomic E-state index is 5.96. The van der Waals surface area contributed by atoms with Crippen LogP contribution in [0.4, 0.5) is 0 Å². The Kier molecular flexibility index (Phi) is 10.9. The molecule has 0 unspecified atom stereocenters. The summed E-state index contributed by atoms with van der Waals surface area (Å²) in [6.07, 6.45) is 6.37. The van der Waals surface area contributed by atoms with E-state index in [1.54, 1.807) is 0 Å². The summed E-state index contributed by atoms with van der Waals surface area (Å²) in [7, 11) is 0. The first-order valence-electron chi connectivity index (χ1n) is 5.56. The highest BCUT2D eigenvalue weighted by molar-refractivity contribution is 4.87. The number of rotatable bonds is 1. The van der Waals surface area contributed by atoms with E-state index in [2.05, 4.69) is 6.92 Å². The molecule has 1 rings (SSSR count). The molecular weight excluding hydrogens is 146 g/mol. The smallest absolute Gasteiger partial charge is 0.0151 e. The van der Waals surface area contributed by atoms with Crippen molar-refractivity contribution in [2.45, 2.75) is 72.3 Å². The summed E-state index contributed by atoms with van der Waals surface area (Å²) in [6.45, 7) is 10.2. The molecule has 76 valence electrons. The minimum absolute atomic E-state index is 0.236. The maximum atomic E-state index is 5.96. The molecule has 0 amide bonds. The summed E-state index contributed by atoms with van der Waals surface area (Å²) in [5, 5.41) is 0. The van der Waals surface area contributed by atoms with Crippen LogP contribution in [-0.2, 0) is 0 Å². The van der Waals surface area contributed by atoms with Crippen LogP contribution >= 0.6 is 0 Å². The Morgan fingerprint density at radius 3 is 1.50 bits per heavy atom. The van der Waals surface area contributed by atoms with Crippen molar-refractivity contribution in [3.8, 4) is 0 Å². The van der Waals surface area contributed by atoms with E-state index in [1.165, 1.54) is 25.7 Å². The van der Waals surface area contributed by atoms with Gasteiger partial charge in [0.15, 0.2) is 0 Å². The molecule has 0 aromatic carbocycles. The van der Waals surface area contributed by atoms with Crippen LogP contribution in [0.15, 0.2) is 0 Å². The predicted molar refractivity (Wildman–Crippen MR) is 58.4 cm³/mol. The molecule has 0 atom stereocenters. The van der Waals surface area contributed by atoms with E-state index < -0.39 is 0 Å². The first kappa shape index (κ1) is 14.5. The molecule has 0 radical (unpaired) electrons. The lowest BCUT2D eigenvalue weighted by Gasteiger charge is -2.19. The molecule has 1 nitrogen and oxygen atoms in total. The average molecular weight is 173 g/mol. The summed E-state index contributed by atoms with van der Waals surface area (Å²) in [4.78, 5) is 0. The number of hydrogen-bond donors (Lipinski definition) is 1. The van der Waals surface area contributed by atoms with Crippen molar-refractivity contribution in [1.82, 2.24) is 0 Å². The van der Waals surface area contributed by atoms with Gasteiger partial charge in [0.05, 0.1) is 0 Å². The zero-order valence-electron chi connectivity index (χ0n) is 9.61. The fraction of sp³-hybridized carbons (Fsp3) is 1.00. The molecule has 1 saturated carbocycles. The number of hydrogen-bond acceptors (Lipinski definition) is 1. The summed E-state index contributed by atoms with van der Waals surface area (Å²) in [5.41, 5.74) is 6.19. The van der Waals surface area contributed by atoms with E-state index in [1.807, 2.05) is 27.7 Å². The summed E-state index contributed by atoms with van der Waals surface area (Å²) in [6, 6.07) is 0. The van der Waals surface area contributed by atoms with E-state index >= 15 is 0 Å². The summed E-state index contributed by atoms with van der Waals surface area (Å²) < 4.78 is 0. The van der Waals surface area contributed by atoms with Crippen LogP contribution in [0.5, 0.6) is 0 Å². The molecule has 1 fully saturated rings. The van der Waals surface area contributed by atoms with Crippen LogP contribution in [0.2, 0.25) is 0 Å². The van der Waals surface area contributed by atoms with Gasteiger partial charge in [-0.2, -0.15) is 0 Å². The van der Waals surface area contributed by atoms with Crippen molar-refractivity contribution in [3.63, 3.8) is 0 Å². The second kappa shape index (κ2) is 9.05. The third-order valence-corrected chi connectivity index (χ3v) is 2.30. The highest BCUT2D eigenvalue weighted by Gasteiger charge is 2.26. The number of nitrogens with two attached hydrogens (primary N) is 1. The van der Waals surface area contributed by atoms with Gasteiger partial charge in [-0.25, -0.2) is 0 Å². The van der Waals surface area contributed by atoms with E-state index in [4.69, 9.17) is 5.73 Å². The Hall–Kier alpha value is -0.0400. The van der Waals surface area contributed by atoms with Crippen LogP contribution in [0.25, 0.3) is 0 Å². The third kappa shape index (κ3) is 5.59. The topological polar surface area (TPSA) is 26.0 Å². The highest BCUT2D eigenvalue weighted by atomic mass is 14.7. The van der Waals surface area contributed by atoms with Gasteiger partial charge in [0.2, 0.25) is 0 Å². The molecule has 12 heavy (non-hydrogen) atoms. The second-order valence-corrected chi connectivity index (χ2v) is 2.92. The van der Waals surface area contributed by atoms with Crippen molar-refractivity contribution in [2.24, 2.45) is 5.73 Å². The Bertz CT molecular complexity index is 73.1. The predicted octanol–water partition coefficient (Wildman–Crippen LogP) is 3.72. The standard InChI is InChI=1S/C7H15N.2C2H6/c1-2-7(8)5-3-4-6-7;2*1-2/h2-6,8H2,1H3;2*1-2H3. The van der Waals surface area contributed by atoms with Crippen molar-refractivity contribution in [3.05, 3.63) is 0 Å². The Morgan fingerprint density at radius 2 is 1.33 bits per heavy atom. The van der Waals surface area contributed by atoms with Gasteiger partial charge in [0, 0.05) is 5.54 Å². The lowest BCUT2D eigenvalue weighted by Crippen LogP contribution is -2.34. The maximum Gasteiger partial charge on any atom is 0.0151 e. The monoisotopic (exact) mass is 173 g/mol. The summed E-state index contributed by atoms with van der Waals surface area (Å²) >= 11 is 0. The van der Waals surface area contributed by atoms with Crippen LogP contribution in [-0.4, -0.2) is 5.54 Å². The molecule has 0 spiro atoms. The molecular formula is C11H27N. The fourth-order valence-electron chi connectivity index (χ4n) is 1.43. The first-order valence-corrected chi connectivity index (χ1v) is 5.56. The van der Waals surface area contributed by atoms with Gasteiger partial charge in [0.25, 0.3) is 0 Å². The van der Waals surface area contributed by atoms with Gasteiger partial charge in [0.1, 0.15) is 0 Å². The largest absolute Gasteiger partial charge is 0.325 e. The van der Waals surface area contributed by atoms with Crippen LogP contribution in [0, 0.1) is 0 Å². The van der Waals surface area contributed by atoms with Crippen molar-refractivity contribution < 1.29 is 0 Å². The average Bonchev–Trinajstić information content (AvgIpc) is 2.60. The van der Waals surface area contributed by atoms with Gasteiger partial charge in [-0.1, -0.05) is 47.5 Å². The van der Waals surface area contributed by atoms with Crippen LogP contribution in [0.3, 0.4) is 0 Å². The normalized spacial score (nSPS) is 18.5. The highest BCUT2D eigenvalue weighted by Crippen LogP contribution is 2.29. The fourth-order valence-corrected chi connectivity index (χ4v) is 1.43. The zero-order chi connectivity index (χ0) is 10.0.